The van der Waals surface area contributed by atoms with Gasteiger partial charge >= 0.3 is 0 Å². The van der Waals surface area contributed by atoms with Gasteiger partial charge in [0.05, 0.1) is 6.54 Å². The molecule has 2 saturated heterocycles. The molecule has 180 valence electrons. The zero-order valence-corrected chi connectivity index (χ0v) is 22.4. The van der Waals surface area contributed by atoms with Crippen LogP contribution >= 0.6 is 24.0 Å². The molecular weight excluding hydrogens is 513 g/mol. The van der Waals surface area contributed by atoms with Gasteiger partial charge in [-0.15, -0.1) is 24.0 Å². The summed E-state index contributed by atoms with van der Waals surface area (Å²) in [6.07, 6.45) is 5.39. The van der Waals surface area contributed by atoms with Crippen LogP contribution in [0.1, 0.15) is 57.1 Å². The summed E-state index contributed by atoms with van der Waals surface area (Å²) in [7, 11) is 1.72. The number of carbonyl (C=O) groups excluding carboxylic acids is 1. The normalized spacial score (nSPS) is 20.5. The molecule has 2 fully saturated rings. The molecule has 1 aromatic carbocycles. The molecule has 1 atom stereocenters. The molecule has 2 heterocycles. The van der Waals surface area contributed by atoms with Gasteiger partial charge in [0.2, 0.25) is 5.91 Å². The second kappa shape index (κ2) is 14.0. The molecule has 3 rings (SSSR count). The highest BCUT2D eigenvalue weighted by molar-refractivity contribution is 14.0. The zero-order valence-electron chi connectivity index (χ0n) is 20.1. The number of nitrogens with zero attached hydrogens (tertiary/aromatic N) is 3. The Morgan fingerprint density at radius 1 is 1.12 bits per heavy atom. The van der Waals surface area contributed by atoms with Crippen molar-refractivity contribution >= 4 is 35.8 Å². The monoisotopic (exact) mass is 555 g/mol. The molecule has 0 spiro atoms. The Kier molecular flexibility index (Phi) is 11.8. The standard InChI is InChI=1S/C25H41N5O.HI/c1-4-27-25(30-14-11-21(12-15-30)16-24(31)26-3)28-17-22-9-5-6-10-23(22)19-29-13-7-8-20(2)18-29;/h5-6,9-10,20-21H,4,7-8,11-19H2,1-3H3,(H,26,31)(H,27,28);1H. The number of piperidine rings is 2. The van der Waals surface area contributed by atoms with Crippen LogP contribution in [0.4, 0.5) is 0 Å². The maximum absolute atomic E-state index is 11.7. The highest BCUT2D eigenvalue weighted by Gasteiger charge is 2.23. The molecule has 0 saturated carbocycles. The number of hydrogen-bond acceptors (Lipinski definition) is 3. The summed E-state index contributed by atoms with van der Waals surface area (Å²) in [5.41, 5.74) is 2.73. The van der Waals surface area contributed by atoms with Gasteiger partial charge in [0, 0.05) is 46.2 Å². The van der Waals surface area contributed by atoms with Gasteiger partial charge in [-0.3, -0.25) is 9.69 Å². The molecule has 7 heteroatoms. The van der Waals surface area contributed by atoms with Crippen molar-refractivity contribution in [1.29, 1.82) is 0 Å². The van der Waals surface area contributed by atoms with E-state index in [1.807, 2.05) is 0 Å². The zero-order chi connectivity index (χ0) is 22.1. The second-order valence-electron chi connectivity index (χ2n) is 9.23. The molecule has 2 aliphatic rings. The maximum Gasteiger partial charge on any atom is 0.220 e. The lowest BCUT2D eigenvalue weighted by molar-refractivity contribution is -0.121. The second-order valence-corrected chi connectivity index (χ2v) is 9.23. The van der Waals surface area contributed by atoms with Crippen molar-refractivity contribution in [2.24, 2.45) is 16.8 Å². The minimum absolute atomic E-state index is 0. The van der Waals surface area contributed by atoms with Crippen molar-refractivity contribution in [2.75, 3.05) is 39.8 Å². The number of carbonyl (C=O) groups is 1. The molecule has 32 heavy (non-hydrogen) atoms. The van der Waals surface area contributed by atoms with E-state index in [1.54, 1.807) is 7.05 Å². The van der Waals surface area contributed by atoms with Gasteiger partial charge in [-0.25, -0.2) is 4.99 Å². The highest BCUT2D eigenvalue weighted by atomic mass is 127. The SMILES string of the molecule is CCNC(=NCc1ccccc1CN1CCCC(C)C1)N1CCC(CC(=O)NC)CC1.I. The Morgan fingerprint density at radius 3 is 2.50 bits per heavy atom. The minimum Gasteiger partial charge on any atom is -0.359 e. The van der Waals surface area contributed by atoms with Crippen LogP contribution in [0, 0.1) is 11.8 Å². The third-order valence-electron chi connectivity index (χ3n) is 6.65. The van der Waals surface area contributed by atoms with E-state index in [-0.39, 0.29) is 29.9 Å². The number of halogens is 1. The molecule has 6 nitrogen and oxygen atoms in total. The predicted molar refractivity (Wildman–Crippen MR) is 143 cm³/mol. The van der Waals surface area contributed by atoms with Gasteiger partial charge in [-0.05, 0) is 62.1 Å². The van der Waals surface area contributed by atoms with E-state index in [4.69, 9.17) is 4.99 Å². The Labute approximate surface area is 211 Å². The summed E-state index contributed by atoms with van der Waals surface area (Å²) >= 11 is 0. The Morgan fingerprint density at radius 2 is 1.84 bits per heavy atom. The third-order valence-corrected chi connectivity index (χ3v) is 6.65. The lowest BCUT2D eigenvalue weighted by Crippen LogP contribution is -2.46. The molecule has 0 radical (unpaired) electrons. The molecular formula is C25H42IN5O. The molecule has 2 aliphatic heterocycles. The van der Waals surface area contributed by atoms with Crippen LogP contribution in [0.5, 0.6) is 0 Å². The first-order chi connectivity index (χ1) is 15.1. The van der Waals surface area contributed by atoms with Gasteiger partial charge in [0.15, 0.2) is 5.96 Å². The Balaban J connectivity index is 0.00000363. The average molecular weight is 556 g/mol. The number of guanidine groups is 1. The fourth-order valence-electron chi connectivity index (χ4n) is 4.84. The van der Waals surface area contributed by atoms with Crippen molar-refractivity contribution in [2.45, 2.75) is 59.0 Å². The number of hydrogen-bond donors (Lipinski definition) is 2. The number of nitrogens with one attached hydrogen (secondary N) is 2. The van der Waals surface area contributed by atoms with E-state index < -0.39 is 0 Å². The van der Waals surface area contributed by atoms with Crippen molar-refractivity contribution in [1.82, 2.24) is 20.4 Å². The van der Waals surface area contributed by atoms with Gasteiger partial charge in [-0.1, -0.05) is 31.2 Å². The molecule has 1 unspecified atom stereocenters. The number of rotatable bonds is 7. The lowest BCUT2D eigenvalue weighted by Gasteiger charge is -2.34. The molecule has 0 bridgehead atoms. The van der Waals surface area contributed by atoms with Crippen molar-refractivity contribution in [3.8, 4) is 0 Å². The Bertz CT molecular complexity index is 733. The fourth-order valence-corrected chi connectivity index (χ4v) is 4.84. The number of benzene rings is 1. The summed E-state index contributed by atoms with van der Waals surface area (Å²) in [5.74, 6) is 2.43. The maximum atomic E-state index is 11.7. The largest absolute Gasteiger partial charge is 0.359 e. The van der Waals surface area contributed by atoms with Gasteiger partial charge in [0.25, 0.3) is 0 Å². The molecule has 1 amide bonds. The van der Waals surface area contributed by atoms with Crippen LogP contribution in [0.25, 0.3) is 0 Å². The first-order valence-corrected chi connectivity index (χ1v) is 12.1. The van der Waals surface area contributed by atoms with E-state index in [9.17, 15) is 4.79 Å². The van der Waals surface area contributed by atoms with Crippen LogP contribution in [-0.4, -0.2) is 61.4 Å². The van der Waals surface area contributed by atoms with Crippen molar-refractivity contribution < 1.29 is 4.79 Å². The first kappa shape index (κ1) is 26.9. The average Bonchev–Trinajstić information content (AvgIpc) is 2.78. The quantitative estimate of drug-likeness (QED) is 0.305. The number of amides is 1. The summed E-state index contributed by atoms with van der Waals surface area (Å²) in [6.45, 7) is 11.4. The number of aliphatic imine (C=N–C) groups is 1. The predicted octanol–water partition coefficient (Wildman–Crippen LogP) is 3.85. The fraction of sp³-hybridized carbons (Fsp3) is 0.680. The van der Waals surface area contributed by atoms with Crippen LogP contribution in [-0.2, 0) is 17.9 Å². The molecule has 0 aliphatic carbocycles. The summed E-state index contributed by atoms with van der Waals surface area (Å²) in [6, 6.07) is 8.77. The van der Waals surface area contributed by atoms with E-state index in [1.165, 1.54) is 37.1 Å². The lowest BCUT2D eigenvalue weighted by atomic mass is 9.93. The van der Waals surface area contributed by atoms with Crippen LogP contribution < -0.4 is 10.6 Å². The van der Waals surface area contributed by atoms with Gasteiger partial charge in [-0.2, -0.15) is 0 Å². The van der Waals surface area contributed by atoms with Crippen LogP contribution in [0.3, 0.4) is 0 Å². The van der Waals surface area contributed by atoms with E-state index in [2.05, 4.69) is 58.5 Å². The van der Waals surface area contributed by atoms with Gasteiger partial charge in [0.1, 0.15) is 0 Å². The summed E-state index contributed by atoms with van der Waals surface area (Å²) < 4.78 is 0. The summed E-state index contributed by atoms with van der Waals surface area (Å²) in [5, 5.41) is 6.23. The Hall–Kier alpha value is -1.35. The van der Waals surface area contributed by atoms with E-state index in [0.717, 1.165) is 50.9 Å². The summed E-state index contributed by atoms with van der Waals surface area (Å²) in [4.78, 5) is 21.7. The third kappa shape index (κ3) is 8.21. The first-order valence-electron chi connectivity index (χ1n) is 12.1. The van der Waals surface area contributed by atoms with E-state index >= 15 is 0 Å². The molecule has 2 N–H and O–H groups in total. The van der Waals surface area contributed by atoms with Crippen LogP contribution in [0.15, 0.2) is 29.3 Å². The topological polar surface area (TPSA) is 60.0 Å². The van der Waals surface area contributed by atoms with Gasteiger partial charge < -0.3 is 15.5 Å². The van der Waals surface area contributed by atoms with Crippen molar-refractivity contribution in [3.05, 3.63) is 35.4 Å². The highest BCUT2D eigenvalue weighted by Crippen LogP contribution is 2.22. The smallest absolute Gasteiger partial charge is 0.220 e. The minimum atomic E-state index is 0. The van der Waals surface area contributed by atoms with E-state index in [0.29, 0.717) is 18.9 Å². The number of likely N-dealkylation sites (tertiary alicyclic amines) is 2. The van der Waals surface area contributed by atoms with Crippen molar-refractivity contribution in [3.63, 3.8) is 0 Å². The molecule has 1 aromatic rings. The van der Waals surface area contributed by atoms with Crippen LogP contribution in [0.2, 0.25) is 0 Å². The molecule has 0 aromatic heterocycles.